The number of nitrogens with zero attached hydrogens (tertiary/aromatic N) is 2. The Kier molecular flexibility index (Phi) is 6.02. The molecule has 0 N–H and O–H groups in total. The molecule has 29 heavy (non-hydrogen) atoms. The lowest BCUT2D eigenvalue weighted by atomic mass is 10.2. The molecule has 4 aromatic rings. The molecule has 3 aromatic carbocycles. The van der Waals surface area contributed by atoms with Crippen molar-refractivity contribution in [3.05, 3.63) is 88.4 Å². The number of ether oxygens (including phenoxy) is 1. The number of imidazole rings is 1. The highest BCUT2D eigenvalue weighted by Gasteiger charge is 2.18. The summed E-state index contributed by atoms with van der Waals surface area (Å²) in [5.74, 6) is 1.25. The van der Waals surface area contributed by atoms with Crippen molar-refractivity contribution in [1.82, 2.24) is 9.55 Å². The number of carbonyl (C=O) groups is 1. The number of halogens is 1. The zero-order valence-corrected chi connectivity index (χ0v) is 18.2. The van der Waals surface area contributed by atoms with E-state index in [0.717, 1.165) is 21.3 Å². The zero-order chi connectivity index (χ0) is 20.2. The average molecular weight is 467 g/mol. The van der Waals surface area contributed by atoms with Gasteiger partial charge in [-0.2, -0.15) is 0 Å². The van der Waals surface area contributed by atoms with E-state index >= 15 is 0 Å². The van der Waals surface area contributed by atoms with Gasteiger partial charge in [-0.15, -0.1) is 0 Å². The Morgan fingerprint density at radius 2 is 1.76 bits per heavy atom. The van der Waals surface area contributed by atoms with E-state index in [1.165, 1.54) is 11.1 Å². The molecule has 0 saturated heterocycles. The molecule has 146 valence electrons. The van der Waals surface area contributed by atoms with Gasteiger partial charge in [0.25, 0.3) is 5.91 Å². The Labute approximate surface area is 182 Å². The summed E-state index contributed by atoms with van der Waals surface area (Å²) < 4.78 is 8.32. The third-order valence-corrected chi connectivity index (χ3v) is 5.98. The number of rotatable bonds is 6. The van der Waals surface area contributed by atoms with E-state index in [1.807, 2.05) is 48.5 Å². The number of benzene rings is 3. The molecule has 0 aliphatic heterocycles. The minimum absolute atomic E-state index is 0.0555. The number of fused-ring (bicyclic) bond motifs is 1. The molecule has 0 saturated carbocycles. The number of para-hydroxylation sites is 2. The molecular weight excluding hydrogens is 448 g/mol. The minimum atomic E-state index is -0.145. The van der Waals surface area contributed by atoms with E-state index in [4.69, 9.17) is 4.74 Å². The lowest BCUT2D eigenvalue weighted by Gasteiger charge is -2.09. The monoisotopic (exact) mass is 466 g/mol. The first-order valence-corrected chi connectivity index (χ1v) is 11.0. The predicted molar refractivity (Wildman–Crippen MR) is 121 cm³/mol. The molecule has 0 spiro atoms. The summed E-state index contributed by atoms with van der Waals surface area (Å²) in [4.78, 5) is 17.7. The smallest absolute Gasteiger partial charge is 0.271 e. The molecule has 1 aromatic heterocycles. The lowest BCUT2D eigenvalue weighted by Crippen LogP contribution is -2.20. The summed E-state index contributed by atoms with van der Waals surface area (Å²) in [7, 11) is 0. The van der Waals surface area contributed by atoms with Crippen molar-refractivity contribution in [3.63, 3.8) is 0 Å². The number of aryl methyl sites for hydroxylation is 1. The summed E-state index contributed by atoms with van der Waals surface area (Å²) in [6.45, 7) is 2.01. The fourth-order valence-corrected chi connectivity index (χ4v) is 4.16. The number of hydrogen-bond acceptors (Lipinski definition) is 4. The Balaban J connectivity index is 1.56. The highest BCUT2D eigenvalue weighted by atomic mass is 79.9. The summed E-state index contributed by atoms with van der Waals surface area (Å²) in [6, 6.07) is 23.5. The van der Waals surface area contributed by atoms with Crippen LogP contribution in [0.3, 0.4) is 0 Å². The second-order valence-corrected chi connectivity index (χ2v) is 8.49. The van der Waals surface area contributed by atoms with Gasteiger partial charge in [-0.1, -0.05) is 69.7 Å². The van der Waals surface area contributed by atoms with Gasteiger partial charge in [0.2, 0.25) is 0 Å². The van der Waals surface area contributed by atoms with Crippen LogP contribution in [-0.4, -0.2) is 22.1 Å². The van der Waals surface area contributed by atoms with Crippen molar-refractivity contribution < 1.29 is 9.53 Å². The van der Waals surface area contributed by atoms with Gasteiger partial charge in [-0.05, 0) is 48.9 Å². The Bertz CT molecular complexity index is 1140. The van der Waals surface area contributed by atoms with Crippen molar-refractivity contribution in [2.45, 2.75) is 17.8 Å². The van der Waals surface area contributed by atoms with E-state index < -0.39 is 0 Å². The van der Waals surface area contributed by atoms with E-state index in [2.05, 4.69) is 52.1 Å². The maximum atomic E-state index is 13.0. The van der Waals surface area contributed by atoms with Crippen molar-refractivity contribution in [3.8, 4) is 5.75 Å². The van der Waals surface area contributed by atoms with Crippen molar-refractivity contribution >= 4 is 44.6 Å². The fourth-order valence-electron chi connectivity index (χ4n) is 2.91. The van der Waals surface area contributed by atoms with E-state index in [1.54, 1.807) is 16.3 Å². The van der Waals surface area contributed by atoms with Crippen molar-refractivity contribution in [1.29, 1.82) is 0 Å². The van der Waals surface area contributed by atoms with Gasteiger partial charge in [0, 0.05) is 10.2 Å². The topological polar surface area (TPSA) is 44.1 Å². The molecule has 6 heteroatoms. The Morgan fingerprint density at radius 3 is 2.52 bits per heavy atom. The van der Waals surface area contributed by atoms with Crippen LogP contribution in [0.5, 0.6) is 5.75 Å². The molecule has 0 atom stereocenters. The van der Waals surface area contributed by atoms with Crippen LogP contribution in [-0.2, 0) is 5.75 Å². The Hall–Kier alpha value is -2.57. The van der Waals surface area contributed by atoms with Crippen LogP contribution in [0.15, 0.2) is 82.4 Å². The van der Waals surface area contributed by atoms with Gasteiger partial charge in [-0.3, -0.25) is 9.36 Å². The maximum absolute atomic E-state index is 13.0. The summed E-state index contributed by atoms with van der Waals surface area (Å²) in [5, 5.41) is 0.677. The van der Waals surface area contributed by atoms with Gasteiger partial charge >= 0.3 is 0 Å². The molecule has 0 fully saturated rings. The van der Waals surface area contributed by atoms with Crippen LogP contribution in [0.25, 0.3) is 11.0 Å². The van der Waals surface area contributed by atoms with Crippen LogP contribution in [0.4, 0.5) is 0 Å². The number of thioether (sulfide) groups is 1. The SMILES string of the molecule is Cc1ccc(CSc2nc3ccccc3n2C(=O)COc2ccc(Br)cc2)cc1. The van der Waals surface area contributed by atoms with Crippen LogP contribution in [0.2, 0.25) is 0 Å². The second kappa shape index (κ2) is 8.84. The molecule has 0 radical (unpaired) electrons. The molecule has 4 rings (SSSR count). The second-order valence-electron chi connectivity index (χ2n) is 6.63. The van der Waals surface area contributed by atoms with Crippen molar-refractivity contribution in [2.75, 3.05) is 6.61 Å². The predicted octanol–water partition coefficient (Wildman–Crippen LogP) is 6.12. The van der Waals surface area contributed by atoms with Gasteiger partial charge in [-0.25, -0.2) is 4.98 Å². The summed E-state index contributed by atoms with van der Waals surface area (Å²) in [5.41, 5.74) is 4.02. The highest BCUT2D eigenvalue weighted by molar-refractivity contribution is 9.10. The van der Waals surface area contributed by atoms with Crippen LogP contribution in [0.1, 0.15) is 15.9 Å². The van der Waals surface area contributed by atoms with Crippen LogP contribution < -0.4 is 4.74 Å². The van der Waals surface area contributed by atoms with E-state index in [-0.39, 0.29) is 12.5 Å². The number of hydrogen-bond donors (Lipinski definition) is 0. The summed E-state index contributed by atoms with van der Waals surface area (Å²) >= 11 is 4.95. The third-order valence-electron chi connectivity index (χ3n) is 4.44. The molecule has 0 aliphatic rings. The third kappa shape index (κ3) is 4.71. The minimum Gasteiger partial charge on any atom is -0.484 e. The number of aromatic nitrogens is 2. The molecule has 0 bridgehead atoms. The quantitative estimate of drug-likeness (QED) is 0.321. The van der Waals surface area contributed by atoms with Crippen LogP contribution >= 0.6 is 27.7 Å². The molecule has 0 aliphatic carbocycles. The van der Waals surface area contributed by atoms with Gasteiger partial charge in [0.15, 0.2) is 11.8 Å². The highest BCUT2D eigenvalue weighted by Crippen LogP contribution is 2.27. The fraction of sp³-hybridized carbons (Fsp3) is 0.130. The first kappa shape index (κ1) is 19.7. The molecule has 4 nitrogen and oxygen atoms in total. The van der Waals surface area contributed by atoms with Crippen molar-refractivity contribution in [2.24, 2.45) is 0 Å². The van der Waals surface area contributed by atoms with Gasteiger partial charge < -0.3 is 4.74 Å². The molecule has 0 unspecified atom stereocenters. The summed E-state index contributed by atoms with van der Waals surface area (Å²) in [6.07, 6.45) is 0. The van der Waals surface area contributed by atoms with Gasteiger partial charge in [0.05, 0.1) is 11.0 Å². The largest absolute Gasteiger partial charge is 0.484 e. The maximum Gasteiger partial charge on any atom is 0.271 e. The first-order valence-electron chi connectivity index (χ1n) is 9.17. The number of carbonyl (C=O) groups excluding carboxylic acids is 1. The molecular formula is C23H19BrN2O2S. The van der Waals surface area contributed by atoms with Crippen LogP contribution in [0, 0.1) is 6.92 Å². The van der Waals surface area contributed by atoms with Gasteiger partial charge in [0.1, 0.15) is 5.75 Å². The normalized spacial score (nSPS) is 11.0. The first-order chi connectivity index (χ1) is 14.1. The zero-order valence-electron chi connectivity index (χ0n) is 15.8. The van der Waals surface area contributed by atoms with E-state index in [9.17, 15) is 4.79 Å². The lowest BCUT2D eigenvalue weighted by molar-refractivity contribution is 0.0832. The van der Waals surface area contributed by atoms with E-state index in [0.29, 0.717) is 10.9 Å². The molecule has 1 heterocycles. The standard InChI is InChI=1S/C23H19BrN2O2S/c1-16-6-8-17(9-7-16)15-29-23-25-20-4-2-3-5-21(20)26(23)22(27)14-28-19-12-10-18(24)11-13-19/h2-13H,14-15H2,1H3. The Morgan fingerprint density at radius 1 is 1.03 bits per heavy atom. The average Bonchev–Trinajstić information content (AvgIpc) is 3.11. The molecule has 0 amide bonds.